The van der Waals surface area contributed by atoms with Crippen molar-refractivity contribution in [2.45, 2.75) is 77.4 Å². The molecular formula is C25H37FN6O3S. The molecular weight excluding hydrogens is 483 g/mol. The minimum absolute atomic E-state index is 0.00548. The number of anilines is 3. The Labute approximate surface area is 213 Å². The number of hydrogen-bond acceptors (Lipinski definition) is 8. The van der Waals surface area contributed by atoms with Gasteiger partial charge in [-0.05, 0) is 71.6 Å². The lowest BCUT2D eigenvalue weighted by atomic mass is 9.97. The number of rotatable bonds is 7. The molecule has 198 valence electrons. The zero-order valence-electron chi connectivity index (χ0n) is 22.1. The number of amides is 1. The number of halogens is 1. The highest BCUT2D eigenvalue weighted by atomic mass is 32.2. The van der Waals surface area contributed by atoms with Crippen LogP contribution in [0, 0.1) is 11.7 Å². The molecule has 1 atom stereocenters. The quantitative estimate of drug-likeness (QED) is 0.563. The van der Waals surface area contributed by atoms with Gasteiger partial charge >= 0.3 is 0 Å². The smallest absolute Gasteiger partial charge is 0.281 e. The number of hydrogen-bond donors (Lipinski definition) is 2. The van der Waals surface area contributed by atoms with Crippen LogP contribution in [0.1, 0.15) is 71.7 Å². The molecule has 0 saturated carbocycles. The van der Waals surface area contributed by atoms with Crippen molar-refractivity contribution in [2.75, 3.05) is 28.6 Å². The van der Waals surface area contributed by atoms with Gasteiger partial charge in [0.05, 0.1) is 5.56 Å². The van der Waals surface area contributed by atoms with Crippen molar-refractivity contribution in [3.63, 3.8) is 0 Å². The van der Waals surface area contributed by atoms with E-state index in [0.717, 1.165) is 18.9 Å². The van der Waals surface area contributed by atoms with Gasteiger partial charge in [-0.25, -0.2) is 19.1 Å². The Morgan fingerprint density at radius 2 is 1.97 bits per heavy atom. The Hall–Kier alpha value is -2.95. The first kappa shape index (κ1) is 27.6. The Kier molecular flexibility index (Phi) is 7.55. The van der Waals surface area contributed by atoms with Crippen LogP contribution in [0.3, 0.4) is 0 Å². The van der Waals surface area contributed by atoms with E-state index in [9.17, 15) is 13.2 Å². The average molecular weight is 521 g/mol. The molecule has 3 heterocycles. The first-order valence-electron chi connectivity index (χ1n) is 12.1. The van der Waals surface area contributed by atoms with Crippen LogP contribution in [0.5, 0.6) is 0 Å². The second-order valence-corrected chi connectivity index (χ2v) is 12.7. The van der Waals surface area contributed by atoms with E-state index >= 15 is 4.39 Å². The highest BCUT2D eigenvalue weighted by Crippen LogP contribution is 2.39. The lowest BCUT2D eigenvalue weighted by Crippen LogP contribution is -2.45. The van der Waals surface area contributed by atoms with Crippen LogP contribution >= 0.6 is 0 Å². The molecule has 2 aromatic heterocycles. The van der Waals surface area contributed by atoms with Crippen molar-refractivity contribution >= 4 is 33.4 Å². The third kappa shape index (κ3) is 5.71. The van der Waals surface area contributed by atoms with Gasteiger partial charge < -0.3 is 15.5 Å². The number of sulfonamides is 1. The molecule has 36 heavy (non-hydrogen) atoms. The van der Waals surface area contributed by atoms with Gasteiger partial charge in [0.2, 0.25) is 0 Å². The molecule has 9 nitrogen and oxygen atoms in total. The highest BCUT2D eigenvalue weighted by molar-refractivity contribution is 7.90. The van der Waals surface area contributed by atoms with E-state index in [1.807, 2.05) is 56.1 Å². The summed E-state index contributed by atoms with van der Waals surface area (Å²) < 4.78 is 43.3. The molecule has 1 aliphatic heterocycles. The van der Waals surface area contributed by atoms with Crippen LogP contribution in [-0.4, -0.2) is 48.5 Å². The second-order valence-electron chi connectivity index (χ2n) is 11.1. The van der Waals surface area contributed by atoms with Crippen LogP contribution < -0.4 is 20.3 Å². The lowest BCUT2D eigenvalue weighted by molar-refractivity contribution is 0.0981. The normalized spacial score (nSPS) is 17.8. The van der Waals surface area contributed by atoms with Gasteiger partial charge in [-0.2, -0.15) is 8.42 Å². The summed E-state index contributed by atoms with van der Waals surface area (Å²) in [4.78, 5) is 25.7. The van der Waals surface area contributed by atoms with Crippen LogP contribution in [0.4, 0.5) is 21.8 Å². The predicted molar refractivity (Wildman–Crippen MR) is 140 cm³/mol. The Morgan fingerprint density at radius 3 is 2.50 bits per heavy atom. The fraction of sp³-hybridized carbons (Fsp3) is 0.560. The van der Waals surface area contributed by atoms with Gasteiger partial charge in [-0.1, -0.05) is 19.9 Å². The molecule has 3 rings (SSSR count). The Balaban J connectivity index is 2.15. The van der Waals surface area contributed by atoms with Crippen molar-refractivity contribution in [3.8, 4) is 0 Å². The van der Waals surface area contributed by atoms with E-state index in [0.29, 0.717) is 19.0 Å². The van der Waals surface area contributed by atoms with Crippen molar-refractivity contribution in [2.24, 2.45) is 5.92 Å². The van der Waals surface area contributed by atoms with Crippen molar-refractivity contribution in [1.82, 2.24) is 14.7 Å². The molecule has 0 bridgehead atoms. The molecule has 0 aliphatic carbocycles. The summed E-state index contributed by atoms with van der Waals surface area (Å²) in [6.07, 6.45) is 1.61. The summed E-state index contributed by atoms with van der Waals surface area (Å²) in [6.45, 7) is 15.2. The maximum atomic E-state index is 15.6. The van der Waals surface area contributed by atoms with Gasteiger partial charge in [0, 0.05) is 24.2 Å². The third-order valence-electron chi connectivity index (χ3n) is 6.27. The SMILES string of the molecule is CCCN(c1nc(N2C[C@@H](C)CC2(C)C)c(C(=O)NS(=O)(=O)c2cccc(N)n2)cc1F)C(C)(C)C. The van der Waals surface area contributed by atoms with E-state index in [1.54, 1.807) is 0 Å². The van der Waals surface area contributed by atoms with Crippen LogP contribution in [0.25, 0.3) is 0 Å². The molecule has 1 fully saturated rings. The second kappa shape index (κ2) is 9.84. The van der Waals surface area contributed by atoms with Crippen LogP contribution in [0.15, 0.2) is 29.3 Å². The maximum absolute atomic E-state index is 15.6. The maximum Gasteiger partial charge on any atom is 0.281 e. The minimum atomic E-state index is -4.35. The molecule has 1 saturated heterocycles. The summed E-state index contributed by atoms with van der Waals surface area (Å²) in [7, 11) is -4.35. The molecule has 0 unspecified atom stereocenters. The average Bonchev–Trinajstić information content (AvgIpc) is 3.02. The van der Waals surface area contributed by atoms with Gasteiger partial charge in [-0.3, -0.25) is 4.79 Å². The van der Waals surface area contributed by atoms with Gasteiger partial charge in [0.25, 0.3) is 15.9 Å². The largest absolute Gasteiger partial charge is 0.384 e. The third-order valence-corrected chi connectivity index (χ3v) is 7.50. The zero-order valence-corrected chi connectivity index (χ0v) is 22.9. The molecule has 11 heteroatoms. The molecule has 1 aliphatic rings. The topological polar surface area (TPSA) is 122 Å². The zero-order chi connectivity index (χ0) is 27.1. The summed E-state index contributed by atoms with van der Waals surface area (Å²) in [5.74, 6) is -1.00. The molecule has 0 aromatic carbocycles. The number of nitrogens with one attached hydrogen (secondary N) is 1. The fourth-order valence-corrected chi connectivity index (χ4v) is 5.73. The lowest BCUT2D eigenvalue weighted by Gasteiger charge is -2.39. The van der Waals surface area contributed by atoms with Crippen molar-refractivity contribution in [3.05, 3.63) is 35.6 Å². The molecule has 0 spiro atoms. The number of nitrogen functional groups attached to an aromatic ring is 1. The number of carbonyl (C=O) groups is 1. The molecule has 3 N–H and O–H groups in total. The van der Waals surface area contributed by atoms with Crippen molar-refractivity contribution < 1.29 is 17.6 Å². The summed E-state index contributed by atoms with van der Waals surface area (Å²) in [5.41, 5.74) is 4.65. The summed E-state index contributed by atoms with van der Waals surface area (Å²) in [5, 5.41) is -0.403. The van der Waals surface area contributed by atoms with E-state index in [4.69, 9.17) is 10.7 Å². The van der Waals surface area contributed by atoms with Crippen molar-refractivity contribution in [1.29, 1.82) is 0 Å². The van der Waals surface area contributed by atoms with Gasteiger partial charge in [-0.15, -0.1) is 0 Å². The Morgan fingerprint density at radius 1 is 1.31 bits per heavy atom. The number of nitrogens with zero attached hydrogens (tertiary/aromatic N) is 4. The Bertz CT molecular complexity index is 1240. The number of nitrogens with two attached hydrogens (primary N) is 1. The summed E-state index contributed by atoms with van der Waals surface area (Å²) in [6, 6.07) is 5.17. The van der Waals surface area contributed by atoms with Crippen LogP contribution in [-0.2, 0) is 10.0 Å². The molecule has 1 amide bonds. The van der Waals surface area contributed by atoms with E-state index in [1.165, 1.54) is 18.2 Å². The van der Waals surface area contributed by atoms with E-state index in [2.05, 4.69) is 11.9 Å². The highest BCUT2D eigenvalue weighted by Gasteiger charge is 2.40. The number of carbonyl (C=O) groups excluding carboxylic acids is 1. The van der Waals surface area contributed by atoms with Crippen LogP contribution in [0.2, 0.25) is 0 Å². The predicted octanol–water partition coefficient (Wildman–Crippen LogP) is 3.96. The van der Waals surface area contributed by atoms with E-state index in [-0.39, 0.29) is 28.6 Å². The molecule has 0 radical (unpaired) electrons. The monoisotopic (exact) mass is 520 g/mol. The fourth-order valence-electron chi connectivity index (χ4n) is 4.78. The first-order chi connectivity index (χ1) is 16.6. The van der Waals surface area contributed by atoms with Gasteiger partial charge in [0.1, 0.15) is 11.6 Å². The standard InChI is InChI=1S/C25H37FN6O3S/c1-8-12-31(24(3,4)5)22-18(26)13-17(21(29-22)32-15-16(2)14-25(32,6)7)23(33)30-36(34,35)20-11-9-10-19(27)28-20/h9-11,13,16H,8,12,14-15H2,1-7H3,(H2,27,28)(H,30,33)/t16-/m0/s1. The summed E-state index contributed by atoms with van der Waals surface area (Å²) >= 11 is 0. The van der Waals surface area contributed by atoms with Gasteiger partial charge in [0.15, 0.2) is 16.7 Å². The first-order valence-corrected chi connectivity index (χ1v) is 13.6. The molecule has 2 aromatic rings. The van der Waals surface area contributed by atoms with E-state index < -0.39 is 32.3 Å². The number of aromatic nitrogens is 2. The number of pyridine rings is 2. The minimum Gasteiger partial charge on any atom is -0.384 e.